The zero-order chi connectivity index (χ0) is 14.8. The van der Waals surface area contributed by atoms with E-state index in [2.05, 4.69) is 17.6 Å². The number of carbonyl (C=O) groups is 1. The van der Waals surface area contributed by atoms with Crippen LogP contribution in [0.5, 0.6) is 5.75 Å². The molecule has 0 aromatic heterocycles. The molecular formula is C15H22N2O2S. The number of ether oxygens (including phenoxy) is 1. The third-order valence-corrected chi connectivity index (χ3v) is 2.86. The summed E-state index contributed by atoms with van der Waals surface area (Å²) in [5, 5.41) is 6.03. The molecule has 1 aromatic carbocycles. The van der Waals surface area contributed by atoms with Gasteiger partial charge in [-0.05, 0) is 43.3 Å². The molecule has 0 atom stereocenters. The summed E-state index contributed by atoms with van der Waals surface area (Å²) in [4.78, 5) is 12.0. The lowest BCUT2D eigenvalue weighted by molar-refractivity contribution is 0.0976. The molecule has 0 spiro atoms. The minimum absolute atomic E-state index is 0.221. The first-order valence-electron chi connectivity index (χ1n) is 6.99. The van der Waals surface area contributed by atoms with Crippen LogP contribution in [0.15, 0.2) is 24.3 Å². The zero-order valence-corrected chi connectivity index (χ0v) is 12.9. The largest absolute Gasteiger partial charge is 0.494 e. The van der Waals surface area contributed by atoms with Crippen LogP contribution >= 0.6 is 12.2 Å². The molecule has 0 fully saturated rings. The average molecular weight is 294 g/mol. The molecular weight excluding hydrogens is 272 g/mol. The number of hydrogen-bond donors (Lipinski definition) is 2. The van der Waals surface area contributed by atoms with Crippen LogP contribution in [-0.4, -0.2) is 24.2 Å². The number of carbonyl (C=O) groups excluding carboxylic acids is 1. The van der Waals surface area contributed by atoms with Gasteiger partial charge in [0.25, 0.3) is 5.91 Å². The van der Waals surface area contributed by atoms with E-state index in [0.717, 1.165) is 25.8 Å². The fraction of sp³-hybridized carbons (Fsp3) is 0.467. The highest BCUT2D eigenvalue weighted by molar-refractivity contribution is 7.80. The lowest BCUT2D eigenvalue weighted by Crippen LogP contribution is -2.39. The first kappa shape index (κ1) is 16.4. The smallest absolute Gasteiger partial charge is 0.257 e. The Hall–Kier alpha value is -1.62. The van der Waals surface area contributed by atoms with E-state index >= 15 is 0 Å². The predicted octanol–water partition coefficient (Wildman–Crippen LogP) is 2.88. The van der Waals surface area contributed by atoms with Crippen molar-refractivity contribution in [2.45, 2.75) is 33.1 Å². The van der Waals surface area contributed by atoms with Gasteiger partial charge in [0, 0.05) is 12.1 Å². The number of thiocarbonyl (C=S) groups is 1. The molecule has 20 heavy (non-hydrogen) atoms. The van der Waals surface area contributed by atoms with Crippen molar-refractivity contribution in [3.8, 4) is 5.75 Å². The summed E-state index contributed by atoms with van der Waals surface area (Å²) in [7, 11) is 0. The number of rotatable bonds is 7. The first-order valence-corrected chi connectivity index (χ1v) is 7.40. The molecule has 0 aliphatic carbocycles. The Balaban J connectivity index is 2.52. The maximum atomic E-state index is 12.0. The van der Waals surface area contributed by atoms with Crippen molar-refractivity contribution in [1.29, 1.82) is 0 Å². The SMILES string of the molecule is CCCCNC(=S)NC(=O)c1cccc(OCCC)c1. The molecule has 0 aliphatic rings. The minimum Gasteiger partial charge on any atom is -0.494 e. The molecule has 0 radical (unpaired) electrons. The van der Waals surface area contributed by atoms with Crippen LogP contribution in [0.2, 0.25) is 0 Å². The van der Waals surface area contributed by atoms with Gasteiger partial charge in [0.15, 0.2) is 5.11 Å². The predicted molar refractivity (Wildman–Crippen MR) is 85.2 cm³/mol. The summed E-state index contributed by atoms with van der Waals surface area (Å²) in [6.45, 7) is 5.55. The van der Waals surface area contributed by atoms with Gasteiger partial charge in [0.05, 0.1) is 6.61 Å². The highest BCUT2D eigenvalue weighted by Crippen LogP contribution is 2.13. The van der Waals surface area contributed by atoms with E-state index in [-0.39, 0.29) is 5.91 Å². The molecule has 5 heteroatoms. The maximum absolute atomic E-state index is 12.0. The van der Waals surface area contributed by atoms with E-state index in [1.165, 1.54) is 0 Å². The van der Waals surface area contributed by atoms with Crippen LogP contribution in [0.25, 0.3) is 0 Å². The van der Waals surface area contributed by atoms with Crippen molar-refractivity contribution in [3.05, 3.63) is 29.8 Å². The van der Waals surface area contributed by atoms with E-state index in [9.17, 15) is 4.79 Å². The van der Waals surface area contributed by atoms with Gasteiger partial charge in [0.1, 0.15) is 5.75 Å². The second-order valence-corrected chi connectivity index (χ2v) is 4.85. The molecule has 1 rings (SSSR count). The molecule has 0 bridgehead atoms. The zero-order valence-electron chi connectivity index (χ0n) is 12.1. The van der Waals surface area contributed by atoms with Gasteiger partial charge < -0.3 is 10.1 Å². The fourth-order valence-corrected chi connectivity index (χ4v) is 1.74. The molecule has 0 saturated carbocycles. The lowest BCUT2D eigenvalue weighted by atomic mass is 10.2. The molecule has 110 valence electrons. The van der Waals surface area contributed by atoms with Crippen molar-refractivity contribution in [2.24, 2.45) is 0 Å². The molecule has 2 N–H and O–H groups in total. The summed E-state index contributed by atoms with van der Waals surface area (Å²) in [5.74, 6) is 0.477. The third kappa shape index (κ3) is 6.02. The van der Waals surface area contributed by atoms with Crippen molar-refractivity contribution >= 4 is 23.2 Å². The van der Waals surface area contributed by atoms with Crippen LogP contribution in [0.3, 0.4) is 0 Å². The Morgan fingerprint density at radius 3 is 2.80 bits per heavy atom. The van der Waals surface area contributed by atoms with Crippen molar-refractivity contribution in [2.75, 3.05) is 13.2 Å². The molecule has 0 aliphatic heterocycles. The van der Waals surface area contributed by atoms with Gasteiger partial charge in [-0.25, -0.2) is 0 Å². The topological polar surface area (TPSA) is 50.4 Å². The lowest BCUT2D eigenvalue weighted by Gasteiger charge is -2.10. The standard InChI is InChI=1S/C15H22N2O2S/c1-3-5-9-16-15(20)17-14(18)12-7-6-8-13(11-12)19-10-4-2/h6-8,11H,3-5,9-10H2,1-2H3,(H2,16,17,18,20). The normalized spacial score (nSPS) is 9.90. The maximum Gasteiger partial charge on any atom is 0.257 e. The van der Waals surface area contributed by atoms with Gasteiger partial charge in [-0.1, -0.05) is 26.3 Å². The fourth-order valence-electron chi connectivity index (χ4n) is 1.55. The number of unbranched alkanes of at least 4 members (excludes halogenated alkanes) is 1. The monoisotopic (exact) mass is 294 g/mol. The van der Waals surface area contributed by atoms with E-state index < -0.39 is 0 Å². The summed E-state index contributed by atoms with van der Waals surface area (Å²) in [5.41, 5.74) is 0.540. The Labute approximate surface area is 125 Å². The Kier molecular flexibility index (Phi) is 7.65. The molecule has 0 unspecified atom stereocenters. The molecule has 1 amide bonds. The van der Waals surface area contributed by atoms with Crippen molar-refractivity contribution in [3.63, 3.8) is 0 Å². The van der Waals surface area contributed by atoms with Crippen LogP contribution in [0.4, 0.5) is 0 Å². The summed E-state index contributed by atoms with van der Waals surface area (Å²) in [6.07, 6.45) is 3.04. The Morgan fingerprint density at radius 1 is 1.30 bits per heavy atom. The van der Waals surface area contributed by atoms with Gasteiger partial charge in [-0.2, -0.15) is 0 Å². The minimum atomic E-state index is -0.221. The third-order valence-electron chi connectivity index (χ3n) is 2.61. The summed E-state index contributed by atoms with van der Waals surface area (Å²) >= 11 is 5.07. The summed E-state index contributed by atoms with van der Waals surface area (Å²) < 4.78 is 5.50. The van der Waals surface area contributed by atoms with Crippen LogP contribution in [0.1, 0.15) is 43.5 Å². The Morgan fingerprint density at radius 2 is 2.10 bits per heavy atom. The van der Waals surface area contributed by atoms with Crippen LogP contribution in [-0.2, 0) is 0 Å². The quantitative estimate of drug-likeness (QED) is 0.600. The molecule has 0 saturated heterocycles. The first-order chi connectivity index (χ1) is 9.67. The summed E-state index contributed by atoms with van der Waals surface area (Å²) in [6, 6.07) is 7.10. The molecule has 1 aromatic rings. The number of nitrogens with one attached hydrogen (secondary N) is 2. The van der Waals surface area contributed by atoms with E-state index in [0.29, 0.717) is 23.0 Å². The van der Waals surface area contributed by atoms with Gasteiger partial charge in [-0.15, -0.1) is 0 Å². The van der Waals surface area contributed by atoms with E-state index in [1.807, 2.05) is 13.0 Å². The molecule has 4 nitrogen and oxygen atoms in total. The number of benzene rings is 1. The van der Waals surface area contributed by atoms with Gasteiger partial charge in [-0.3, -0.25) is 10.1 Å². The number of amides is 1. The van der Waals surface area contributed by atoms with Crippen LogP contribution in [0, 0.1) is 0 Å². The van der Waals surface area contributed by atoms with Crippen molar-refractivity contribution < 1.29 is 9.53 Å². The highest BCUT2D eigenvalue weighted by atomic mass is 32.1. The second kappa shape index (κ2) is 9.31. The average Bonchev–Trinajstić information content (AvgIpc) is 2.45. The Bertz CT molecular complexity index is 449. The highest BCUT2D eigenvalue weighted by Gasteiger charge is 2.08. The van der Waals surface area contributed by atoms with Gasteiger partial charge >= 0.3 is 0 Å². The second-order valence-electron chi connectivity index (χ2n) is 4.44. The van der Waals surface area contributed by atoms with E-state index in [1.54, 1.807) is 18.2 Å². The van der Waals surface area contributed by atoms with E-state index in [4.69, 9.17) is 17.0 Å². The van der Waals surface area contributed by atoms with Crippen LogP contribution < -0.4 is 15.4 Å². The number of hydrogen-bond acceptors (Lipinski definition) is 3. The van der Waals surface area contributed by atoms with Crippen molar-refractivity contribution in [1.82, 2.24) is 10.6 Å². The molecule has 0 heterocycles. The van der Waals surface area contributed by atoms with Gasteiger partial charge in [0.2, 0.25) is 0 Å².